The Kier molecular flexibility index (Phi) is 12.2. The van der Waals surface area contributed by atoms with Crippen molar-refractivity contribution in [2.45, 2.75) is 62.7 Å². The number of aromatic nitrogens is 2. The molecule has 40 heavy (non-hydrogen) atoms. The molecule has 15 nitrogen and oxygen atoms in total. The molecule has 2 aromatic rings. The van der Waals surface area contributed by atoms with E-state index < -0.39 is 59.7 Å². The van der Waals surface area contributed by atoms with Crippen molar-refractivity contribution < 1.29 is 33.9 Å². The van der Waals surface area contributed by atoms with Gasteiger partial charge in [-0.25, -0.2) is 9.78 Å². The molecule has 1 heterocycles. The molecule has 216 valence electrons. The number of nitrogens with one attached hydrogen (secondary N) is 4. The smallest absolute Gasteiger partial charge is 0.326 e. The molecule has 15 heteroatoms. The molecule has 0 bridgehead atoms. The van der Waals surface area contributed by atoms with Crippen molar-refractivity contribution in [3.8, 4) is 0 Å². The zero-order valence-electron chi connectivity index (χ0n) is 21.7. The molecule has 0 spiro atoms. The van der Waals surface area contributed by atoms with Crippen LogP contribution >= 0.6 is 0 Å². The topological polar surface area (TPSA) is 265 Å². The van der Waals surface area contributed by atoms with E-state index in [1.807, 2.05) is 0 Å². The van der Waals surface area contributed by atoms with Crippen LogP contribution in [0.1, 0.15) is 36.9 Å². The Hall–Kier alpha value is -4.79. The Balaban J connectivity index is 2.22. The number of primary amides is 2. The Bertz CT molecular complexity index is 1170. The first-order valence-electron chi connectivity index (χ1n) is 12.4. The molecule has 0 radical (unpaired) electrons. The first kappa shape index (κ1) is 31.4. The monoisotopic (exact) mass is 558 g/mol. The molecule has 4 unspecified atom stereocenters. The number of aliphatic carboxylic acids is 1. The third-order valence-electron chi connectivity index (χ3n) is 5.86. The van der Waals surface area contributed by atoms with Crippen LogP contribution in [0.4, 0.5) is 0 Å². The number of carboxylic acid groups (broad SMARTS) is 1. The molecular formula is C25H34N8O7. The second kappa shape index (κ2) is 15.6. The minimum absolute atomic E-state index is 0.0105. The van der Waals surface area contributed by atoms with Crippen molar-refractivity contribution in [2.75, 3.05) is 0 Å². The van der Waals surface area contributed by atoms with Crippen LogP contribution in [-0.4, -0.2) is 74.7 Å². The summed E-state index contributed by atoms with van der Waals surface area (Å²) < 4.78 is 0. The Labute approximate surface area is 229 Å². The Morgan fingerprint density at radius 1 is 0.800 bits per heavy atom. The number of carboxylic acids is 1. The minimum atomic E-state index is -1.34. The van der Waals surface area contributed by atoms with E-state index >= 15 is 0 Å². The number of carbonyl (C=O) groups is 6. The van der Waals surface area contributed by atoms with Gasteiger partial charge in [0, 0.05) is 37.6 Å². The average molecular weight is 559 g/mol. The number of nitrogens with two attached hydrogens (primary N) is 3. The van der Waals surface area contributed by atoms with E-state index in [1.165, 1.54) is 12.5 Å². The van der Waals surface area contributed by atoms with Crippen molar-refractivity contribution in [1.82, 2.24) is 25.9 Å². The van der Waals surface area contributed by atoms with Gasteiger partial charge < -0.3 is 43.2 Å². The molecule has 4 atom stereocenters. The molecule has 0 aliphatic carbocycles. The maximum absolute atomic E-state index is 13.3. The van der Waals surface area contributed by atoms with Gasteiger partial charge in [0.2, 0.25) is 29.5 Å². The van der Waals surface area contributed by atoms with Crippen LogP contribution in [-0.2, 0) is 41.6 Å². The van der Waals surface area contributed by atoms with Crippen molar-refractivity contribution in [3.05, 3.63) is 54.1 Å². The number of carbonyl (C=O) groups excluding carboxylic acids is 5. The fourth-order valence-electron chi connectivity index (χ4n) is 3.68. The fourth-order valence-corrected chi connectivity index (χ4v) is 3.68. The zero-order valence-corrected chi connectivity index (χ0v) is 21.7. The van der Waals surface area contributed by atoms with Crippen LogP contribution in [0.2, 0.25) is 0 Å². The Morgan fingerprint density at radius 3 is 1.95 bits per heavy atom. The second-order valence-electron chi connectivity index (χ2n) is 9.11. The predicted octanol–water partition coefficient (Wildman–Crippen LogP) is -2.41. The van der Waals surface area contributed by atoms with E-state index in [2.05, 4.69) is 25.9 Å². The largest absolute Gasteiger partial charge is 0.480 e. The predicted molar refractivity (Wildman–Crippen MR) is 141 cm³/mol. The van der Waals surface area contributed by atoms with Crippen molar-refractivity contribution in [1.29, 1.82) is 0 Å². The molecule has 0 saturated heterocycles. The molecule has 0 aliphatic heterocycles. The van der Waals surface area contributed by atoms with Gasteiger partial charge in [-0.3, -0.25) is 24.0 Å². The van der Waals surface area contributed by atoms with Crippen LogP contribution in [0.5, 0.6) is 0 Å². The van der Waals surface area contributed by atoms with Gasteiger partial charge >= 0.3 is 5.97 Å². The number of rotatable bonds is 17. The summed E-state index contributed by atoms with van der Waals surface area (Å²) in [6.07, 6.45) is 1.99. The summed E-state index contributed by atoms with van der Waals surface area (Å²) in [6.45, 7) is 0. The minimum Gasteiger partial charge on any atom is -0.480 e. The Morgan fingerprint density at radius 2 is 1.38 bits per heavy atom. The first-order chi connectivity index (χ1) is 19.0. The number of imidazole rings is 1. The lowest BCUT2D eigenvalue weighted by Crippen LogP contribution is -2.58. The van der Waals surface area contributed by atoms with Crippen LogP contribution in [0.3, 0.4) is 0 Å². The quantitative estimate of drug-likeness (QED) is 0.103. The van der Waals surface area contributed by atoms with Crippen molar-refractivity contribution >= 4 is 35.5 Å². The van der Waals surface area contributed by atoms with Crippen LogP contribution in [0.15, 0.2) is 42.9 Å². The lowest BCUT2D eigenvalue weighted by atomic mass is 10.0. The lowest BCUT2D eigenvalue weighted by molar-refractivity contribution is -0.142. The van der Waals surface area contributed by atoms with Gasteiger partial charge in [0.05, 0.1) is 12.4 Å². The van der Waals surface area contributed by atoms with E-state index in [4.69, 9.17) is 17.2 Å². The van der Waals surface area contributed by atoms with Crippen molar-refractivity contribution in [3.63, 3.8) is 0 Å². The number of amides is 5. The van der Waals surface area contributed by atoms with Gasteiger partial charge in [0.25, 0.3) is 0 Å². The number of nitrogens with zero attached hydrogens (tertiary/aromatic N) is 1. The maximum atomic E-state index is 13.3. The number of benzene rings is 1. The van der Waals surface area contributed by atoms with Gasteiger partial charge in [-0.15, -0.1) is 0 Å². The summed E-state index contributed by atoms with van der Waals surface area (Å²) in [5.41, 5.74) is 17.2. The van der Waals surface area contributed by atoms with Crippen LogP contribution < -0.4 is 33.2 Å². The third kappa shape index (κ3) is 10.9. The molecule has 11 N–H and O–H groups in total. The standard InChI is InChI=1S/C25H34N8O7/c26-16(6-8-20(27)34)22(36)31-17(7-9-21(28)35)23(37)32-18(10-14-4-2-1-3-5-14)24(38)33-19(25(39)40)11-15-12-29-13-30-15/h1-5,12-13,16-19H,6-11,26H2,(H2,27,34)(H2,28,35)(H,29,30)(H,31,36)(H,32,37)(H,33,38)(H,39,40). The van der Waals surface area contributed by atoms with Gasteiger partial charge in [0.1, 0.15) is 18.1 Å². The highest BCUT2D eigenvalue weighted by Crippen LogP contribution is 2.08. The SMILES string of the molecule is NC(=O)CCC(N)C(=O)NC(CCC(N)=O)C(=O)NC(Cc1ccccc1)C(=O)NC(Cc1cnc[nH]1)C(=O)O. The molecule has 1 aromatic carbocycles. The summed E-state index contributed by atoms with van der Waals surface area (Å²) in [5, 5.41) is 17.0. The van der Waals surface area contributed by atoms with Gasteiger partial charge in [-0.2, -0.15) is 0 Å². The highest BCUT2D eigenvalue weighted by molar-refractivity contribution is 5.94. The van der Waals surface area contributed by atoms with Crippen LogP contribution in [0, 0.1) is 0 Å². The van der Waals surface area contributed by atoms with Crippen LogP contribution in [0.25, 0.3) is 0 Å². The van der Waals surface area contributed by atoms with Gasteiger partial charge in [0.15, 0.2) is 0 Å². The first-order valence-corrected chi connectivity index (χ1v) is 12.4. The summed E-state index contributed by atoms with van der Waals surface area (Å²) in [6, 6.07) is 3.59. The van der Waals surface area contributed by atoms with E-state index in [9.17, 15) is 33.9 Å². The molecule has 0 aliphatic rings. The zero-order chi connectivity index (χ0) is 29.7. The normalized spacial score (nSPS) is 13.7. The molecule has 0 saturated carbocycles. The molecule has 1 aromatic heterocycles. The molecule has 5 amide bonds. The number of hydrogen-bond acceptors (Lipinski definition) is 8. The molecular weight excluding hydrogens is 524 g/mol. The van der Waals surface area contributed by atoms with Gasteiger partial charge in [-0.1, -0.05) is 30.3 Å². The van der Waals surface area contributed by atoms with E-state index in [0.29, 0.717) is 11.3 Å². The highest BCUT2D eigenvalue weighted by atomic mass is 16.4. The molecule has 2 rings (SSSR count). The summed E-state index contributed by atoms with van der Waals surface area (Å²) in [7, 11) is 0. The lowest BCUT2D eigenvalue weighted by Gasteiger charge is -2.25. The average Bonchev–Trinajstić information content (AvgIpc) is 3.42. The number of hydrogen-bond donors (Lipinski definition) is 8. The summed E-state index contributed by atoms with van der Waals surface area (Å²) >= 11 is 0. The highest BCUT2D eigenvalue weighted by Gasteiger charge is 2.31. The fraction of sp³-hybridized carbons (Fsp3) is 0.400. The third-order valence-corrected chi connectivity index (χ3v) is 5.86. The van der Waals surface area contributed by atoms with E-state index in [0.717, 1.165) is 0 Å². The van der Waals surface area contributed by atoms with E-state index in [-0.39, 0.29) is 38.5 Å². The van der Waals surface area contributed by atoms with Crippen molar-refractivity contribution in [2.24, 2.45) is 17.2 Å². The number of H-pyrrole nitrogens is 1. The summed E-state index contributed by atoms with van der Waals surface area (Å²) in [4.78, 5) is 79.9. The van der Waals surface area contributed by atoms with E-state index in [1.54, 1.807) is 30.3 Å². The molecule has 0 fully saturated rings. The number of aromatic amines is 1. The maximum Gasteiger partial charge on any atom is 0.326 e. The summed E-state index contributed by atoms with van der Waals surface area (Å²) in [5.74, 6) is -5.08. The second-order valence-corrected chi connectivity index (χ2v) is 9.11. The van der Waals surface area contributed by atoms with Gasteiger partial charge in [-0.05, 0) is 18.4 Å².